The topological polar surface area (TPSA) is 93.1 Å². The summed E-state index contributed by atoms with van der Waals surface area (Å²) < 4.78 is 9.86. The van der Waals surface area contributed by atoms with E-state index in [-0.39, 0.29) is 30.3 Å². The highest BCUT2D eigenvalue weighted by Crippen LogP contribution is 2.11. The van der Waals surface area contributed by atoms with Gasteiger partial charge in [-0.25, -0.2) is 9.69 Å². The number of amides is 2. The van der Waals surface area contributed by atoms with Crippen molar-refractivity contribution in [2.24, 2.45) is 5.92 Å². The van der Waals surface area contributed by atoms with Gasteiger partial charge in [-0.15, -0.1) is 0 Å². The maximum atomic E-state index is 12.4. The summed E-state index contributed by atoms with van der Waals surface area (Å²) >= 11 is 0. The van der Waals surface area contributed by atoms with Gasteiger partial charge in [0.2, 0.25) is 6.41 Å². The monoisotopic (exact) mass is 443 g/mol. The van der Waals surface area contributed by atoms with Crippen LogP contribution in [0, 0.1) is 5.92 Å². The van der Waals surface area contributed by atoms with Crippen LogP contribution in [0.3, 0.4) is 0 Å². The van der Waals surface area contributed by atoms with Gasteiger partial charge in [-0.2, -0.15) is 0 Å². The quantitative estimate of drug-likeness (QED) is 0.255. The summed E-state index contributed by atoms with van der Waals surface area (Å²) in [6.45, 7) is 17.5. The molecule has 0 saturated heterocycles. The Balaban J connectivity index is 0.000000995. The molecular weight excluding hydrogens is 410 g/mol. The maximum Gasteiger partial charge on any atom is 0.337 e. The van der Waals surface area contributed by atoms with Crippen LogP contribution in [0.5, 0.6) is 0 Å². The lowest BCUT2D eigenvalue weighted by atomic mass is 10.1. The summed E-state index contributed by atoms with van der Waals surface area (Å²) in [6.07, 6.45) is 2.14. The molecule has 1 aromatic rings. The summed E-state index contributed by atoms with van der Waals surface area (Å²) in [6, 6.07) is 10.0. The fourth-order valence-corrected chi connectivity index (χ4v) is 2.15. The van der Waals surface area contributed by atoms with Crippen LogP contribution in [0.1, 0.15) is 33.3 Å². The number of benzene rings is 1. The smallest absolute Gasteiger partial charge is 0.337 e. The molecule has 1 unspecified atom stereocenters. The van der Waals surface area contributed by atoms with Crippen molar-refractivity contribution in [1.82, 2.24) is 4.90 Å². The molecule has 0 aliphatic heterocycles. The van der Waals surface area contributed by atoms with Gasteiger partial charge in [-0.3, -0.25) is 9.59 Å². The predicted octanol–water partition coefficient (Wildman–Crippen LogP) is 3.87. The van der Waals surface area contributed by atoms with Crippen LogP contribution < -0.4 is 0 Å². The molecule has 0 aliphatic carbocycles. The molecule has 0 spiro atoms. The molecule has 0 radical (unpaired) electrons. The summed E-state index contributed by atoms with van der Waals surface area (Å²) in [5.41, 5.74) is 1.13. The molecule has 0 fully saturated rings. The first-order chi connectivity index (χ1) is 15.1. The van der Waals surface area contributed by atoms with Crippen LogP contribution in [0.15, 0.2) is 73.4 Å². The van der Waals surface area contributed by atoms with E-state index in [0.717, 1.165) is 6.08 Å². The van der Waals surface area contributed by atoms with Gasteiger partial charge in [-0.05, 0) is 37.5 Å². The van der Waals surface area contributed by atoms with Crippen molar-refractivity contribution in [3.05, 3.63) is 78.9 Å². The summed E-state index contributed by atoms with van der Waals surface area (Å²) in [5.74, 6) is -2.24. The Bertz CT molecular complexity index is 826. The maximum absolute atomic E-state index is 12.4. The van der Waals surface area contributed by atoms with E-state index in [1.807, 2.05) is 50.3 Å². The van der Waals surface area contributed by atoms with Crippen LogP contribution in [0.25, 0.3) is 6.08 Å². The first-order valence-corrected chi connectivity index (χ1v) is 10.1. The van der Waals surface area contributed by atoms with E-state index < -0.39 is 24.2 Å². The number of rotatable bonds is 10. The van der Waals surface area contributed by atoms with Crippen molar-refractivity contribution in [2.45, 2.75) is 34.1 Å². The Morgan fingerprint density at radius 1 is 1.16 bits per heavy atom. The van der Waals surface area contributed by atoms with Crippen molar-refractivity contribution in [3.8, 4) is 0 Å². The van der Waals surface area contributed by atoms with E-state index in [1.54, 1.807) is 6.92 Å². The normalized spacial score (nSPS) is 11.5. The lowest BCUT2D eigenvalue weighted by molar-refractivity contribution is -0.201. The van der Waals surface area contributed by atoms with Crippen molar-refractivity contribution >= 4 is 23.9 Å². The predicted molar refractivity (Wildman–Crippen MR) is 125 cm³/mol. The molecule has 0 aromatic heterocycles. The molecule has 2 amide bonds. The third-order valence-corrected chi connectivity index (χ3v) is 3.73. The summed E-state index contributed by atoms with van der Waals surface area (Å²) in [4.78, 5) is 36.3. The largest absolute Gasteiger partial charge is 0.462 e. The average molecular weight is 444 g/mol. The Hall–Kier alpha value is -3.29. The van der Waals surface area contributed by atoms with E-state index in [9.17, 15) is 19.5 Å². The molecule has 174 valence electrons. The zero-order valence-corrected chi connectivity index (χ0v) is 19.2. The number of aliphatic hydroxyl groups excluding tert-OH is 1. The van der Waals surface area contributed by atoms with E-state index in [1.165, 1.54) is 18.6 Å². The zero-order valence-electron chi connectivity index (χ0n) is 19.2. The number of nitrogens with zero attached hydrogens (tertiary/aromatic N) is 1. The van der Waals surface area contributed by atoms with Gasteiger partial charge in [0.05, 0.1) is 18.8 Å². The first kappa shape index (κ1) is 28.7. The van der Waals surface area contributed by atoms with Crippen LogP contribution in [0.4, 0.5) is 0 Å². The number of esters is 1. The van der Waals surface area contributed by atoms with Crippen LogP contribution in [0.2, 0.25) is 0 Å². The second kappa shape index (κ2) is 15.5. The second-order valence-corrected chi connectivity index (χ2v) is 6.96. The number of ether oxygens (including phenoxy) is 2. The zero-order chi connectivity index (χ0) is 24.7. The minimum Gasteiger partial charge on any atom is -0.462 e. The first-order valence-electron chi connectivity index (χ1n) is 10.1. The molecule has 1 N–H and O–H groups in total. The number of carbonyl (C=O) groups excluding carboxylic acids is 3. The van der Waals surface area contributed by atoms with Crippen molar-refractivity contribution in [2.75, 3.05) is 13.2 Å². The molecular formula is C25H33NO6. The van der Waals surface area contributed by atoms with Gasteiger partial charge in [0.15, 0.2) is 0 Å². The molecule has 7 heteroatoms. The molecule has 0 heterocycles. The summed E-state index contributed by atoms with van der Waals surface area (Å²) in [5, 5.41) is 9.98. The number of hydrogen-bond donors (Lipinski definition) is 1. The van der Waals surface area contributed by atoms with E-state index in [2.05, 4.69) is 19.7 Å². The molecule has 0 saturated carbocycles. The average Bonchev–Trinajstić information content (AvgIpc) is 2.78. The van der Waals surface area contributed by atoms with Crippen LogP contribution in [-0.4, -0.2) is 47.4 Å². The third-order valence-electron chi connectivity index (χ3n) is 3.73. The Labute approximate surface area is 190 Å². The molecule has 1 atom stereocenters. The van der Waals surface area contributed by atoms with Gasteiger partial charge >= 0.3 is 5.97 Å². The number of imide groups is 1. The Kier molecular flexibility index (Phi) is 13.9. The lowest BCUT2D eigenvalue weighted by Crippen LogP contribution is -2.46. The van der Waals surface area contributed by atoms with Crippen LogP contribution >= 0.6 is 0 Å². The number of carbonyl (C=O) groups is 3. The minimum atomic E-state index is -1.76. The highest BCUT2D eigenvalue weighted by molar-refractivity contribution is 6.08. The molecule has 32 heavy (non-hydrogen) atoms. The van der Waals surface area contributed by atoms with Crippen molar-refractivity contribution < 1.29 is 29.0 Å². The number of aliphatic hydroxyl groups is 1. The van der Waals surface area contributed by atoms with Gasteiger partial charge in [-0.1, -0.05) is 70.0 Å². The fourth-order valence-electron chi connectivity index (χ4n) is 2.15. The standard InChI is InChI=1S/C17H25NO6.C8H8/c1-7-14(19)18(17(22)24-10-11(3)4)15(20)12(5)9-13(6)16(21)23-8-2;1-2-8-6-4-3-5-7-8/h7,9,11,17,22H,1,6,8,10H2,2-5H3;2-7H,1H2. The summed E-state index contributed by atoms with van der Waals surface area (Å²) in [7, 11) is 0. The second-order valence-electron chi connectivity index (χ2n) is 6.96. The van der Waals surface area contributed by atoms with E-state index in [4.69, 9.17) is 9.47 Å². The highest BCUT2D eigenvalue weighted by atomic mass is 16.6. The van der Waals surface area contributed by atoms with E-state index in [0.29, 0.717) is 4.90 Å². The third kappa shape index (κ3) is 10.7. The van der Waals surface area contributed by atoms with Gasteiger partial charge in [0.1, 0.15) is 0 Å². The molecule has 0 aliphatic rings. The Morgan fingerprint density at radius 2 is 1.75 bits per heavy atom. The van der Waals surface area contributed by atoms with Crippen molar-refractivity contribution in [1.29, 1.82) is 0 Å². The lowest BCUT2D eigenvalue weighted by Gasteiger charge is -2.25. The molecule has 7 nitrogen and oxygen atoms in total. The SMILES string of the molecule is C=CC(=O)N(C(=O)C(C)=CC(=C)C(=O)OCC)C(O)OCC(C)C.C=Cc1ccccc1. The van der Waals surface area contributed by atoms with Crippen LogP contribution in [-0.2, 0) is 23.9 Å². The van der Waals surface area contributed by atoms with Gasteiger partial charge in [0, 0.05) is 5.57 Å². The van der Waals surface area contributed by atoms with E-state index >= 15 is 0 Å². The van der Waals surface area contributed by atoms with Gasteiger partial charge < -0.3 is 14.6 Å². The van der Waals surface area contributed by atoms with Crippen molar-refractivity contribution in [3.63, 3.8) is 0 Å². The molecule has 1 rings (SSSR count). The molecule has 0 bridgehead atoms. The van der Waals surface area contributed by atoms with Gasteiger partial charge in [0.25, 0.3) is 11.8 Å². The fraction of sp³-hybridized carbons (Fsp3) is 0.320. The molecule has 1 aromatic carbocycles. The highest BCUT2D eigenvalue weighted by Gasteiger charge is 2.29. The Morgan fingerprint density at radius 3 is 2.19 bits per heavy atom. The number of hydrogen-bond acceptors (Lipinski definition) is 6. The minimum absolute atomic E-state index is 0.00968.